The molecule has 0 aliphatic rings. The third-order valence-corrected chi connectivity index (χ3v) is 1.25. The number of hydrogen-bond donors (Lipinski definition) is 0. The number of hydrogen-bond acceptors (Lipinski definition) is 3. The lowest BCUT2D eigenvalue weighted by molar-refractivity contribution is 0.409. The van der Waals surface area contributed by atoms with E-state index in [2.05, 4.69) is 10.2 Å². The lowest BCUT2D eigenvalue weighted by Gasteiger charge is -2.01. The number of ether oxygens (including phenoxy) is 1. The summed E-state index contributed by atoms with van der Waals surface area (Å²) in [5, 5.41) is 7.37. The van der Waals surface area contributed by atoms with Crippen LogP contribution in [0.2, 0.25) is 0 Å². The van der Waals surface area contributed by atoms with Crippen LogP contribution in [0, 0.1) is 6.42 Å². The van der Waals surface area contributed by atoms with Crippen molar-refractivity contribution in [3.63, 3.8) is 0 Å². The van der Waals surface area contributed by atoms with Crippen molar-refractivity contribution in [2.45, 2.75) is 6.92 Å². The van der Waals surface area contributed by atoms with Crippen LogP contribution in [0.1, 0.15) is 12.5 Å². The molecule has 3 nitrogen and oxygen atoms in total. The normalized spacial score (nSPS) is 9.40. The summed E-state index contributed by atoms with van der Waals surface area (Å²) < 4.78 is 5.00. The molecule has 0 fully saturated rings. The highest BCUT2D eigenvalue weighted by atomic mass is 16.5. The van der Waals surface area contributed by atoms with E-state index >= 15 is 0 Å². The molecule has 1 radical (unpaired) electrons. The van der Waals surface area contributed by atoms with E-state index in [0.717, 1.165) is 11.3 Å². The highest BCUT2D eigenvalue weighted by Gasteiger charge is 1.98. The molecule has 0 saturated carbocycles. The predicted molar refractivity (Wildman–Crippen MR) is 37.7 cm³/mol. The Bertz CT molecular complexity index is 190. The first-order valence-electron chi connectivity index (χ1n) is 3.02. The molecule has 1 heterocycles. The van der Waals surface area contributed by atoms with Gasteiger partial charge >= 0.3 is 0 Å². The fourth-order valence-corrected chi connectivity index (χ4v) is 0.707. The molecular weight excluding hydrogens is 128 g/mol. The fourth-order valence-electron chi connectivity index (χ4n) is 0.707. The monoisotopic (exact) mass is 137 g/mol. The van der Waals surface area contributed by atoms with Crippen LogP contribution in [-0.4, -0.2) is 17.3 Å². The topological polar surface area (TPSA) is 35.0 Å². The van der Waals surface area contributed by atoms with Crippen LogP contribution in [0.5, 0.6) is 5.75 Å². The molecular formula is C7H9N2O. The molecule has 0 aliphatic carbocycles. The van der Waals surface area contributed by atoms with E-state index in [1.54, 1.807) is 19.5 Å². The minimum absolute atomic E-state index is 0.762. The summed E-state index contributed by atoms with van der Waals surface area (Å²) in [4.78, 5) is 0. The lowest BCUT2D eigenvalue weighted by Crippen LogP contribution is -1.91. The maximum atomic E-state index is 5.00. The molecule has 1 aromatic heterocycles. The van der Waals surface area contributed by atoms with Crippen molar-refractivity contribution in [3.8, 4) is 5.75 Å². The molecule has 1 aromatic rings. The summed E-state index contributed by atoms with van der Waals surface area (Å²) in [6.07, 6.45) is 5.18. The smallest absolute Gasteiger partial charge is 0.144 e. The van der Waals surface area contributed by atoms with Gasteiger partial charge in [-0.05, 0) is 6.42 Å². The fraction of sp³-hybridized carbons (Fsp3) is 0.286. The van der Waals surface area contributed by atoms with Gasteiger partial charge in [-0.1, -0.05) is 6.92 Å². The molecule has 0 amide bonds. The first-order valence-corrected chi connectivity index (χ1v) is 3.02. The molecule has 3 heteroatoms. The van der Waals surface area contributed by atoms with Crippen LogP contribution >= 0.6 is 0 Å². The van der Waals surface area contributed by atoms with E-state index < -0.39 is 0 Å². The molecule has 0 bridgehead atoms. The Hall–Kier alpha value is -1.12. The van der Waals surface area contributed by atoms with Crippen molar-refractivity contribution in [3.05, 3.63) is 24.4 Å². The average molecular weight is 137 g/mol. The Morgan fingerprint density at radius 2 is 2.10 bits per heavy atom. The van der Waals surface area contributed by atoms with Crippen molar-refractivity contribution >= 4 is 0 Å². The van der Waals surface area contributed by atoms with Crippen molar-refractivity contribution in [2.75, 3.05) is 7.11 Å². The first kappa shape index (κ1) is 6.99. The SMILES string of the molecule is C[CH]c1cnncc1OC. The van der Waals surface area contributed by atoms with Crippen LogP contribution in [0.15, 0.2) is 12.4 Å². The molecule has 1 rings (SSSR count). The van der Waals surface area contributed by atoms with Crippen molar-refractivity contribution in [2.24, 2.45) is 0 Å². The summed E-state index contributed by atoms with van der Waals surface area (Å²) >= 11 is 0. The van der Waals surface area contributed by atoms with Gasteiger partial charge in [0.2, 0.25) is 0 Å². The Labute approximate surface area is 60.0 Å². The van der Waals surface area contributed by atoms with Gasteiger partial charge in [0.05, 0.1) is 19.5 Å². The molecule has 0 aliphatic heterocycles. The summed E-state index contributed by atoms with van der Waals surface area (Å²) in [5.74, 6) is 0.762. The minimum Gasteiger partial charge on any atom is -0.495 e. The van der Waals surface area contributed by atoms with E-state index in [0.29, 0.717) is 0 Å². The van der Waals surface area contributed by atoms with E-state index in [4.69, 9.17) is 4.74 Å². The number of aromatic nitrogens is 2. The van der Waals surface area contributed by atoms with Gasteiger partial charge in [0.25, 0.3) is 0 Å². The number of nitrogens with zero attached hydrogens (tertiary/aromatic N) is 2. The summed E-state index contributed by atoms with van der Waals surface area (Å²) in [7, 11) is 1.62. The zero-order chi connectivity index (χ0) is 7.40. The molecule has 53 valence electrons. The molecule has 0 unspecified atom stereocenters. The van der Waals surface area contributed by atoms with Gasteiger partial charge in [-0.25, -0.2) is 0 Å². The average Bonchev–Trinajstić information content (AvgIpc) is 2.04. The molecule has 10 heavy (non-hydrogen) atoms. The second-order valence-corrected chi connectivity index (χ2v) is 1.80. The van der Waals surface area contributed by atoms with Gasteiger partial charge < -0.3 is 4.74 Å². The second kappa shape index (κ2) is 3.15. The first-order chi connectivity index (χ1) is 4.88. The van der Waals surface area contributed by atoms with Crippen LogP contribution in [0.4, 0.5) is 0 Å². The molecule has 0 spiro atoms. The summed E-state index contributed by atoms with van der Waals surface area (Å²) in [6.45, 7) is 1.93. The molecule has 0 aromatic carbocycles. The van der Waals surface area contributed by atoms with E-state index in [-0.39, 0.29) is 0 Å². The van der Waals surface area contributed by atoms with Crippen molar-refractivity contribution in [1.82, 2.24) is 10.2 Å². The van der Waals surface area contributed by atoms with Crippen LogP contribution in [0.25, 0.3) is 0 Å². The third kappa shape index (κ3) is 1.23. The van der Waals surface area contributed by atoms with Gasteiger partial charge in [-0.15, -0.1) is 0 Å². The van der Waals surface area contributed by atoms with Gasteiger partial charge in [0.15, 0.2) is 0 Å². The lowest BCUT2D eigenvalue weighted by atomic mass is 10.2. The number of rotatable bonds is 2. The van der Waals surface area contributed by atoms with Gasteiger partial charge in [0, 0.05) is 5.56 Å². The highest BCUT2D eigenvalue weighted by Crippen LogP contribution is 2.15. The Morgan fingerprint density at radius 1 is 1.40 bits per heavy atom. The maximum Gasteiger partial charge on any atom is 0.144 e. The van der Waals surface area contributed by atoms with Crippen LogP contribution < -0.4 is 4.74 Å². The standard InChI is InChI=1S/C7H9N2O/c1-3-6-4-8-9-5-7(6)10-2/h3-5H,1-2H3. The van der Waals surface area contributed by atoms with Crippen molar-refractivity contribution in [1.29, 1.82) is 0 Å². The molecule has 0 atom stereocenters. The largest absolute Gasteiger partial charge is 0.495 e. The zero-order valence-electron chi connectivity index (χ0n) is 6.03. The Balaban J connectivity index is 2.96. The number of methoxy groups -OCH3 is 1. The van der Waals surface area contributed by atoms with Crippen LogP contribution in [0.3, 0.4) is 0 Å². The zero-order valence-corrected chi connectivity index (χ0v) is 6.03. The molecule has 0 N–H and O–H groups in total. The van der Waals surface area contributed by atoms with Gasteiger partial charge in [0.1, 0.15) is 5.75 Å². The second-order valence-electron chi connectivity index (χ2n) is 1.80. The Kier molecular flexibility index (Phi) is 2.20. The summed E-state index contributed by atoms with van der Waals surface area (Å²) in [6, 6.07) is 0. The Morgan fingerprint density at radius 3 is 2.60 bits per heavy atom. The van der Waals surface area contributed by atoms with Crippen LogP contribution in [-0.2, 0) is 0 Å². The third-order valence-electron chi connectivity index (χ3n) is 1.25. The molecule has 0 saturated heterocycles. The quantitative estimate of drug-likeness (QED) is 0.611. The van der Waals surface area contributed by atoms with Gasteiger partial charge in [-0.2, -0.15) is 10.2 Å². The predicted octanol–water partition coefficient (Wildman–Crippen LogP) is 1.06. The summed E-state index contributed by atoms with van der Waals surface area (Å²) in [5.41, 5.74) is 0.970. The van der Waals surface area contributed by atoms with E-state index in [9.17, 15) is 0 Å². The highest BCUT2D eigenvalue weighted by molar-refractivity contribution is 5.32. The van der Waals surface area contributed by atoms with Crippen molar-refractivity contribution < 1.29 is 4.74 Å². The van der Waals surface area contributed by atoms with Gasteiger partial charge in [-0.3, -0.25) is 0 Å². The van der Waals surface area contributed by atoms with E-state index in [1.165, 1.54) is 0 Å². The van der Waals surface area contributed by atoms with E-state index in [1.807, 2.05) is 13.3 Å². The minimum atomic E-state index is 0.762. The maximum absolute atomic E-state index is 5.00.